The van der Waals surface area contributed by atoms with Gasteiger partial charge in [0.25, 0.3) is 36.1 Å². The number of aromatic nitrogens is 1. The number of primary amides is 1. The van der Waals surface area contributed by atoms with Gasteiger partial charge >= 0.3 is 5.69 Å². The van der Waals surface area contributed by atoms with Gasteiger partial charge in [0.1, 0.15) is 6.04 Å². The van der Waals surface area contributed by atoms with E-state index in [-0.39, 0.29) is 29.2 Å². The highest BCUT2D eigenvalue weighted by Crippen LogP contribution is 2.41. The van der Waals surface area contributed by atoms with Crippen LogP contribution in [0.2, 0.25) is 0 Å². The highest BCUT2D eigenvalue weighted by Gasteiger charge is 2.37. The Balaban J connectivity index is 2.49. The van der Waals surface area contributed by atoms with Crippen LogP contribution in [0.4, 0.5) is 11.5 Å². The van der Waals surface area contributed by atoms with Gasteiger partial charge in [0.05, 0.1) is 0 Å². The Hall–Kier alpha value is -7.61. The first-order chi connectivity index (χ1) is 29.4. The molecule has 0 spiro atoms. The van der Waals surface area contributed by atoms with Crippen molar-refractivity contribution < 1.29 is 33.9 Å². The monoisotopic (exact) mass is 940 g/mol. The number of alkyl halides is 3. The fraction of sp³-hybridized carbons (Fsp3) is 0.312. The van der Waals surface area contributed by atoms with Crippen LogP contribution < -0.4 is 83.1 Å². The molecule has 63 heavy (non-hydrogen) atoms. The summed E-state index contributed by atoms with van der Waals surface area (Å²) in [5.74, 6) is -10.7. The number of aliphatic hydroxyl groups excluding tert-OH is 1. The van der Waals surface area contributed by atoms with E-state index in [1.807, 2.05) is 10.6 Å². The van der Waals surface area contributed by atoms with Crippen molar-refractivity contribution in [3.8, 4) is 6.57 Å². The predicted molar refractivity (Wildman–Crippen MR) is 233 cm³/mol. The number of aliphatic imine (C=N–C) groups is 4. The zero-order valence-corrected chi connectivity index (χ0v) is 35.1. The molecule has 24 N–H and O–H groups in total. The summed E-state index contributed by atoms with van der Waals surface area (Å²) in [7, 11) is 0. The lowest BCUT2D eigenvalue weighted by molar-refractivity contribution is -0.136. The number of nitrogens with zero attached hydrogens (tertiary/aromatic N) is 7. The summed E-state index contributed by atoms with van der Waals surface area (Å²) >= 11 is 17.9. The maximum Gasteiger partial charge on any atom is 0.382 e. The number of halogens is 3. The van der Waals surface area contributed by atoms with Crippen molar-refractivity contribution in [2.24, 2.45) is 71.6 Å². The van der Waals surface area contributed by atoms with Crippen molar-refractivity contribution in [1.82, 2.24) is 31.6 Å². The van der Waals surface area contributed by atoms with E-state index in [9.17, 15) is 33.9 Å². The Kier molecular flexibility index (Phi) is 19.1. The minimum atomic E-state index is -2.16. The lowest BCUT2D eigenvalue weighted by Crippen LogP contribution is -2.58. The van der Waals surface area contributed by atoms with Crippen LogP contribution in [0.3, 0.4) is 0 Å². The molecule has 0 aliphatic carbocycles. The van der Waals surface area contributed by atoms with Crippen molar-refractivity contribution >= 4 is 106 Å². The molecule has 0 saturated heterocycles. The summed E-state index contributed by atoms with van der Waals surface area (Å²) in [6.45, 7) is 7.28. The standard InChI is InChI=1S/C32H44Cl3N21O7/c1-3-9-56(21-14(45-2)10-13(11-46-21)32(33,34)35)27(63)26(62)47-15(12-7-5-4-6-8-12)22(58)49-18(53-29(39)40)24(60)51-20(55-31(43)44)25(61)50-19(54-30(41)42)23(59)48-17(16(36)57)52-28(37)38/h2,4-8,10-11,15,17-20,27,63H,3,9H2,1H3,(H22-,36,37,38,39,40,41,42,43,44,47,48,49,50,51,52,53,54,55,57,58,59,60,61,62)/p+1. The minimum Gasteiger partial charge on any atom is -0.370 e. The first-order valence-electron chi connectivity index (χ1n) is 17.5. The van der Waals surface area contributed by atoms with Gasteiger partial charge in [0, 0.05) is 24.4 Å². The van der Waals surface area contributed by atoms with E-state index in [0.717, 1.165) is 11.1 Å². The smallest absolute Gasteiger partial charge is 0.370 e. The number of anilines is 1. The van der Waals surface area contributed by atoms with Crippen molar-refractivity contribution in [3.05, 3.63) is 58.6 Å². The lowest BCUT2D eigenvalue weighted by atomic mass is 10.1. The Morgan fingerprint density at radius 1 is 0.714 bits per heavy atom. The van der Waals surface area contributed by atoms with Crippen LogP contribution in [-0.4, -0.2) is 107 Å². The molecule has 0 aliphatic rings. The fourth-order valence-corrected chi connectivity index (χ4v) is 5.21. The summed E-state index contributed by atoms with van der Waals surface area (Å²) < 4.78 is -1.93. The number of benzene rings is 1. The van der Waals surface area contributed by atoms with Gasteiger partial charge in [-0.1, -0.05) is 72.1 Å². The molecule has 1 heterocycles. The van der Waals surface area contributed by atoms with Gasteiger partial charge in [-0.05, 0) is 16.8 Å². The first-order valence-corrected chi connectivity index (χ1v) is 18.7. The Morgan fingerprint density at radius 3 is 1.54 bits per heavy atom. The Bertz CT molecular complexity index is 2170. The van der Waals surface area contributed by atoms with Crippen LogP contribution in [0.25, 0.3) is 4.85 Å². The zero-order valence-electron chi connectivity index (χ0n) is 32.9. The largest absolute Gasteiger partial charge is 0.382 e. The average Bonchev–Trinajstić information content (AvgIpc) is 3.19. The highest BCUT2D eigenvalue weighted by molar-refractivity contribution is 6.66. The van der Waals surface area contributed by atoms with E-state index in [1.165, 1.54) is 30.3 Å². The van der Waals surface area contributed by atoms with E-state index in [0.29, 0.717) is 6.42 Å². The molecular formula is C32H45Cl3N21O7+. The molecule has 6 amide bonds. The van der Waals surface area contributed by atoms with Gasteiger partial charge < -0.3 is 88.2 Å². The molecule has 1 aromatic carbocycles. The van der Waals surface area contributed by atoms with E-state index < -0.39 is 100 Å². The van der Waals surface area contributed by atoms with E-state index in [1.54, 1.807) is 13.0 Å². The molecular weight excluding hydrogens is 897 g/mol. The lowest BCUT2D eigenvalue weighted by Gasteiger charge is -2.29. The minimum absolute atomic E-state index is 0.0140. The van der Waals surface area contributed by atoms with Crippen LogP contribution >= 0.6 is 34.8 Å². The third kappa shape index (κ3) is 16.1. The Morgan fingerprint density at radius 2 is 1.14 bits per heavy atom. The van der Waals surface area contributed by atoms with Crippen LogP contribution in [0, 0.1) is 6.57 Å². The molecule has 0 fully saturated rings. The van der Waals surface area contributed by atoms with Gasteiger partial charge in [-0.25, -0.2) is 25.0 Å². The normalized spacial score (nSPS) is 13.5. The van der Waals surface area contributed by atoms with Crippen LogP contribution in [0.5, 0.6) is 0 Å². The second-order valence-corrected chi connectivity index (χ2v) is 14.7. The van der Waals surface area contributed by atoms with Gasteiger partial charge in [0.2, 0.25) is 46.4 Å². The maximum absolute atomic E-state index is 14.0. The summed E-state index contributed by atoms with van der Waals surface area (Å²) in [5.41, 5.74) is 48.7. The molecule has 0 saturated carbocycles. The van der Waals surface area contributed by atoms with E-state index >= 15 is 0 Å². The quantitative estimate of drug-likeness (QED) is 0.0254. The molecule has 28 nitrogen and oxygen atoms in total. The molecule has 2 aromatic rings. The second kappa shape index (κ2) is 23.4. The van der Waals surface area contributed by atoms with Gasteiger partial charge in [-0.3, -0.25) is 28.8 Å². The third-order valence-electron chi connectivity index (χ3n) is 7.50. The molecule has 0 radical (unpaired) electrons. The van der Waals surface area contributed by atoms with Gasteiger partial charge in [0.15, 0.2) is 23.8 Å². The van der Waals surface area contributed by atoms with Crippen LogP contribution in [0.1, 0.15) is 30.5 Å². The summed E-state index contributed by atoms with van der Waals surface area (Å²) in [5, 5.41) is 22.0. The second-order valence-electron chi connectivity index (χ2n) is 12.4. The van der Waals surface area contributed by atoms with Crippen LogP contribution in [0.15, 0.2) is 62.6 Å². The number of nitrogens with one attached hydrogen (secondary N) is 5. The molecule has 0 bridgehead atoms. The molecule has 6 unspecified atom stereocenters. The molecule has 1 aromatic heterocycles. The van der Waals surface area contributed by atoms with Gasteiger partial charge in [-0.15, -0.1) is 0 Å². The predicted octanol–water partition coefficient (Wildman–Crippen LogP) is -5.76. The van der Waals surface area contributed by atoms with Crippen molar-refractivity contribution in [2.45, 2.75) is 54.1 Å². The number of amides is 6. The molecule has 2 rings (SSSR count). The topological polar surface area (TPSA) is 487 Å². The first kappa shape index (κ1) is 51.5. The number of aliphatic hydroxyl groups is 1. The highest BCUT2D eigenvalue weighted by atomic mass is 35.6. The zero-order chi connectivity index (χ0) is 47.8. The SMILES string of the molecule is C#[N+]c1cc(C(Cl)(Cl)Cl)cnc1N(CCC)C(O)C(=O)NC(C(=O)NC(N=C(N)N)C(=O)NC(N=C(N)N)C(=O)NC(N=C(N)N)C(=O)NC(N=C(N)N)C(N)=O)c1ccccc1. The number of pyridine rings is 1. The summed E-state index contributed by atoms with van der Waals surface area (Å²) in [6, 6.07) is 7.03. The molecule has 31 heteroatoms. The summed E-state index contributed by atoms with van der Waals surface area (Å²) in [6.07, 6.45) is -8.76. The molecule has 0 aliphatic heterocycles. The molecule has 6 atom stereocenters. The van der Waals surface area contributed by atoms with Gasteiger partial charge in [-0.2, -0.15) is 0 Å². The van der Waals surface area contributed by atoms with Crippen molar-refractivity contribution in [3.63, 3.8) is 0 Å². The number of nitrogens with two attached hydrogens (primary N) is 9. The Labute approximate surface area is 372 Å². The number of rotatable bonds is 20. The molecule has 340 valence electrons. The number of carbonyl (C=O) groups is 6. The van der Waals surface area contributed by atoms with E-state index in [2.05, 4.69) is 45.7 Å². The van der Waals surface area contributed by atoms with E-state index in [4.69, 9.17) is 93.0 Å². The number of hydrogen-bond acceptors (Lipinski definition) is 13. The van der Waals surface area contributed by atoms with Crippen LogP contribution in [-0.2, 0) is 32.6 Å². The number of hydrogen-bond donors (Lipinski definition) is 15. The van der Waals surface area contributed by atoms with Crippen molar-refractivity contribution in [1.29, 1.82) is 0 Å². The number of guanidine groups is 4. The summed E-state index contributed by atoms with van der Waals surface area (Å²) in [4.78, 5) is 103. The van der Waals surface area contributed by atoms with Crippen molar-refractivity contribution in [2.75, 3.05) is 11.4 Å². The average molecular weight is 942 g/mol. The maximum atomic E-state index is 14.0. The third-order valence-corrected chi connectivity index (χ3v) is 8.16. The number of carbonyl (C=O) groups excluding carboxylic acids is 6. The fourth-order valence-electron chi connectivity index (χ4n) is 4.90.